The molecule has 0 fully saturated rings. The van der Waals surface area contributed by atoms with E-state index in [0.717, 1.165) is 5.56 Å². The Balaban J connectivity index is 1.50. The van der Waals surface area contributed by atoms with Crippen molar-refractivity contribution in [3.8, 4) is 5.75 Å². The van der Waals surface area contributed by atoms with Crippen molar-refractivity contribution in [2.24, 2.45) is 0 Å². The molecule has 0 aliphatic rings. The quantitative estimate of drug-likeness (QED) is 0.409. The number of hydrogen-bond donors (Lipinski definition) is 1. The van der Waals surface area contributed by atoms with Gasteiger partial charge in [0.15, 0.2) is 5.82 Å². The first-order valence-electron chi connectivity index (χ1n) is 10.2. The molecule has 0 spiro atoms. The molecule has 1 heterocycles. The smallest absolute Gasteiger partial charge is 0.233 e. The molecule has 0 atom stereocenters. The molecular weight excluding hydrogens is 429 g/mol. The van der Waals surface area contributed by atoms with Gasteiger partial charge in [-0.05, 0) is 40.8 Å². The lowest BCUT2D eigenvalue weighted by molar-refractivity contribution is -0.127. The second-order valence-corrected chi connectivity index (χ2v) is 9.44. The minimum atomic E-state index is -0.303. The van der Waals surface area contributed by atoms with Crippen LogP contribution in [0.1, 0.15) is 37.7 Å². The van der Waals surface area contributed by atoms with Gasteiger partial charge in [-0.25, -0.2) is 9.07 Å². The van der Waals surface area contributed by atoms with Gasteiger partial charge in [0, 0.05) is 13.6 Å². The standard InChI is InChI=1S/C23H28FN5O2S/c1-23(2,3)17-7-11-19(12-8-17)31-14-20-26-27-22(29(20)25)32-15-21(30)28(4)13-16-5-9-18(24)10-6-16/h5-12H,13-15,25H2,1-4H3. The number of nitrogen functional groups attached to an aromatic ring is 1. The molecule has 3 aromatic rings. The summed E-state index contributed by atoms with van der Waals surface area (Å²) in [5, 5.41) is 8.55. The fourth-order valence-electron chi connectivity index (χ4n) is 2.89. The summed E-state index contributed by atoms with van der Waals surface area (Å²) in [6, 6.07) is 14.0. The molecule has 0 radical (unpaired) electrons. The number of carbonyl (C=O) groups is 1. The van der Waals surface area contributed by atoms with E-state index in [-0.39, 0.29) is 29.5 Å². The Hall–Kier alpha value is -3.07. The molecule has 1 aromatic heterocycles. The number of hydrogen-bond acceptors (Lipinski definition) is 6. The Morgan fingerprint density at radius 3 is 2.41 bits per heavy atom. The summed E-state index contributed by atoms with van der Waals surface area (Å²) in [6.07, 6.45) is 0. The maximum Gasteiger partial charge on any atom is 0.233 e. The van der Waals surface area contributed by atoms with Gasteiger partial charge in [-0.2, -0.15) is 0 Å². The lowest BCUT2D eigenvalue weighted by Gasteiger charge is -2.19. The highest BCUT2D eigenvalue weighted by Crippen LogP contribution is 2.24. The first-order chi connectivity index (χ1) is 15.1. The zero-order valence-electron chi connectivity index (χ0n) is 18.7. The molecule has 7 nitrogen and oxygen atoms in total. The molecule has 9 heteroatoms. The van der Waals surface area contributed by atoms with Crippen LogP contribution in [-0.4, -0.2) is 38.5 Å². The maximum atomic E-state index is 13.0. The third-order valence-electron chi connectivity index (χ3n) is 4.91. The van der Waals surface area contributed by atoms with Gasteiger partial charge < -0.3 is 15.5 Å². The van der Waals surface area contributed by atoms with Gasteiger partial charge in [-0.1, -0.05) is 56.8 Å². The number of rotatable bonds is 8. The molecule has 3 rings (SSSR count). The minimum Gasteiger partial charge on any atom is -0.486 e. The van der Waals surface area contributed by atoms with Crippen molar-refractivity contribution < 1.29 is 13.9 Å². The van der Waals surface area contributed by atoms with Crippen LogP contribution in [0.15, 0.2) is 53.7 Å². The van der Waals surface area contributed by atoms with E-state index in [2.05, 4.69) is 31.0 Å². The van der Waals surface area contributed by atoms with E-state index in [1.54, 1.807) is 24.1 Å². The molecule has 2 N–H and O–H groups in total. The van der Waals surface area contributed by atoms with Crippen LogP contribution in [0.4, 0.5) is 4.39 Å². The van der Waals surface area contributed by atoms with Crippen molar-refractivity contribution in [1.82, 2.24) is 19.8 Å². The number of ether oxygens (including phenoxy) is 1. The van der Waals surface area contributed by atoms with Crippen LogP contribution in [0.3, 0.4) is 0 Å². The van der Waals surface area contributed by atoms with Crippen LogP contribution < -0.4 is 10.6 Å². The molecular formula is C23H28FN5O2S. The number of carbonyl (C=O) groups excluding carboxylic acids is 1. The molecule has 0 saturated heterocycles. The van der Waals surface area contributed by atoms with Crippen molar-refractivity contribution >= 4 is 17.7 Å². The topological polar surface area (TPSA) is 86.3 Å². The Labute approximate surface area is 191 Å². The van der Waals surface area contributed by atoms with Gasteiger partial charge in [-0.15, -0.1) is 10.2 Å². The van der Waals surface area contributed by atoms with E-state index in [1.807, 2.05) is 24.3 Å². The normalized spacial score (nSPS) is 11.4. The second kappa shape index (κ2) is 10.0. The molecule has 0 saturated carbocycles. The minimum absolute atomic E-state index is 0.0760. The number of aromatic nitrogens is 3. The van der Waals surface area contributed by atoms with Gasteiger partial charge in [0.1, 0.15) is 18.2 Å². The molecule has 0 aliphatic carbocycles. The Morgan fingerprint density at radius 2 is 1.78 bits per heavy atom. The van der Waals surface area contributed by atoms with Crippen molar-refractivity contribution in [2.75, 3.05) is 18.6 Å². The van der Waals surface area contributed by atoms with Crippen LogP contribution >= 0.6 is 11.8 Å². The molecule has 2 aromatic carbocycles. The monoisotopic (exact) mass is 457 g/mol. The molecule has 0 bridgehead atoms. The predicted octanol–water partition coefficient (Wildman–Crippen LogP) is 3.76. The van der Waals surface area contributed by atoms with Crippen LogP contribution in [0.5, 0.6) is 5.75 Å². The predicted molar refractivity (Wildman–Crippen MR) is 123 cm³/mol. The van der Waals surface area contributed by atoms with Crippen LogP contribution in [0.25, 0.3) is 0 Å². The van der Waals surface area contributed by atoms with Gasteiger partial charge >= 0.3 is 0 Å². The van der Waals surface area contributed by atoms with Crippen LogP contribution in [0, 0.1) is 5.82 Å². The summed E-state index contributed by atoms with van der Waals surface area (Å²) in [6.45, 7) is 7.03. The van der Waals surface area contributed by atoms with Crippen molar-refractivity contribution in [1.29, 1.82) is 0 Å². The summed E-state index contributed by atoms with van der Waals surface area (Å²) in [5.41, 5.74) is 2.15. The average Bonchev–Trinajstić information content (AvgIpc) is 3.11. The Morgan fingerprint density at radius 1 is 1.12 bits per heavy atom. The highest BCUT2D eigenvalue weighted by Gasteiger charge is 2.16. The molecule has 1 amide bonds. The first-order valence-corrected chi connectivity index (χ1v) is 11.2. The number of thioether (sulfide) groups is 1. The fraction of sp³-hybridized carbons (Fsp3) is 0.348. The molecule has 0 unspecified atom stereocenters. The average molecular weight is 458 g/mol. The highest BCUT2D eigenvalue weighted by atomic mass is 32.2. The van der Waals surface area contributed by atoms with E-state index in [9.17, 15) is 9.18 Å². The van der Waals surface area contributed by atoms with Gasteiger partial charge in [-0.3, -0.25) is 4.79 Å². The van der Waals surface area contributed by atoms with Gasteiger partial charge in [0.05, 0.1) is 5.75 Å². The number of benzene rings is 2. The van der Waals surface area contributed by atoms with Gasteiger partial charge in [0.2, 0.25) is 11.1 Å². The van der Waals surface area contributed by atoms with Crippen LogP contribution in [0.2, 0.25) is 0 Å². The Bertz CT molecular complexity index is 1050. The van der Waals surface area contributed by atoms with E-state index in [0.29, 0.717) is 23.3 Å². The van der Waals surface area contributed by atoms with E-state index >= 15 is 0 Å². The van der Waals surface area contributed by atoms with E-state index in [4.69, 9.17) is 10.6 Å². The summed E-state index contributed by atoms with van der Waals surface area (Å²) < 4.78 is 20.1. The van der Waals surface area contributed by atoms with Crippen molar-refractivity contribution in [3.63, 3.8) is 0 Å². The van der Waals surface area contributed by atoms with E-state index in [1.165, 1.54) is 34.1 Å². The molecule has 0 aliphatic heterocycles. The van der Waals surface area contributed by atoms with Gasteiger partial charge in [0.25, 0.3) is 0 Å². The number of amides is 1. The van der Waals surface area contributed by atoms with Crippen LogP contribution in [-0.2, 0) is 23.4 Å². The molecule has 170 valence electrons. The maximum absolute atomic E-state index is 13.0. The third kappa shape index (κ3) is 6.23. The van der Waals surface area contributed by atoms with E-state index < -0.39 is 0 Å². The Kier molecular flexibility index (Phi) is 7.40. The lowest BCUT2D eigenvalue weighted by Crippen LogP contribution is -2.28. The zero-order chi connectivity index (χ0) is 23.3. The number of halogens is 1. The summed E-state index contributed by atoms with van der Waals surface area (Å²) in [4.78, 5) is 14.0. The first kappa shape index (κ1) is 23.6. The summed E-state index contributed by atoms with van der Waals surface area (Å²) in [5.74, 6) is 7.01. The van der Waals surface area contributed by atoms with Crippen molar-refractivity contribution in [3.05, 3.63) is 71.3 Å². The van der Waals surface area contributed by atoms with Crippen molar-refractivity contribution in [2.45, 2.75) is 44.5 Å². The highest BCUT2D eigenvalue weighted by molar-refractivity contribution is 7.99. The fourth-order valence-corrected chi connectivity index (χ4v) is 3.71. The molecule has 32 heavy (non-hydrogen) atoms. The second-order valence-electron chi connectivity index (χ2n) is 8.50. The number of nitrogens with zero attached hydrogens (tertiary/aromatic N) is 4. The lowest BCUT2D eigenvalue weighted by atomic mass is 9.87. The summed E-state index contributed by atoms with van der Waals surface area (Å²) >= 11 is 1.20. The third-order valence-corrected chi connectivity index (χ3v) is 5.83. The summed E-state index contributed by atoms with van der Waals surface area (Å²) in [7, 11) is 1.70. The zero-order valence-corrected chi connectivity index (χ0v) is 19.5. The SMILES string of the molecule is CN(Cc1ccc(F)cc1)C(=O)CSc1nnc(COc2ccc(C(C)(C)C)cc2)n1N. The number of nitrogens with two attached hydrogens (primary N) is 1. The largest absolute Gasteiger partial charge is 0.486 e.